The highest BCUT2D eigenvalue weighted by Crippen LogP contribution is 2.68. The number of carbonyl (C=O) groups excluding carboxylic acids is 2. The summed E-state index contributed by atoms with van der Waals surface area (Å²) in [5, 5.41) is 0. The smallest absolute Gasteiger partial charge is 0.266 e. The van der Waals surface area contributed by atoms with Crippen molar-refractivity contribution in [3.63, 3.8) is 0 Å². The summed E-state index contributed by atoms with van der Waals surface area (Å²) in [7, 11) is -4.07. The van der Waals surface area contributed by atoms with Crippen LogP contribution >= 0.6 is 0 Å². The van der Waals surface area contributed by atoms with Crippen molar-refractivity contribution < 1.29 is 22.6 Å². The van der Waals surface area contributed by atoms with Crippen molar-refractivity contribution in [2.45, 2.75) is 110 Å². The lowest BCUT2D eigenvalue weighted by molar-refractivity contribution is -0.140. The van der Waals surface area contributed by atoms with Gasteiger partial charge in [-0.25, -0.2) is 0 Å². The molecule has 1 amide bonds. The Hall–Kier alpha value is -0.950. The number of nitrogens with zero attached hydrogens (tertiary/aromatic N) is 1. The molecule has 0 radical (unpaired) electrons. The topological polar surface area (TPSA) is 91.8 Å². The summed E-state index contributed by atoms with van der Waals surface area (Å²) < 4.78 is 32.0. The fourth-order valence-electron chi connectivity index (χ4n) is 10.3. The molecule has 6 nitrogen and oxygen atoms in total. The van der Waals surface area contributed by atoms with Crippen molar-refractivity contribution in [1.29, 1.82) is 0 Å². The van der Waals surface area contributed by atoms with Crippen LogP contribution < -0.4 is 0 Å². The first-order chi connectivity index (χ1) is 16.9. The average Bonchev–Trinajstić information content (AvgIpc) is 3.40. The van der Waals surface area contributed by atoms with Crippen LogP contribution in [0, 0.1) is 46.3 Å². The van der Waals surface area contributed by atoms with Crippen LogP contribution in [-0.4, -0.2) is 47.9 Å². The van der Waals surface area contributed by atoms with Crippen molar-refractivity contribution in [3.8, 4) is 0 Å². The summed E-state index contributed by atoms with van der Waals surface area (Å²) in [5.74, 6) is 4.25. The third kappa shape index (κ3) is 4.69. The highest BCUT2D eigenvalue weighted by Gasteiger charge is 2.60. The van der Waals surface area contributed by atoms with Gasteiger partial charge in [0, 0.05) is 31.8 Å². The quantitative estimate of drug-likeness (QED) is 0.465. The Morgan fingerprint density at radius 2 is 1.81 bits per heavy atom. The number of ketones is 1. The number of carbonyl (C=O) groups is 2. The van der Waals surface area contributed by atoms with Crippen molar-refractivity contribution in [2.24, 2.45) is 46.3 Å². The largest absolute Gasteiger partial charge is 0.339 e. The van der Waals surface area contributed by atoms with Gasteiger partial charge in [0.15, 0.2) is 0 Å². The Morgan fingerprint density at radius 1 is 1.06 bits per heavy atom. The number of hydrogen-bond donors (Lipinski definition) is 1. The van der Waals surface area contributed by atoms with Gasteiger partial charge in [-0.1, -0.05) is 20.8 Å². The van der Waals surface area contributed by atoms with Gasteiger partial charge < -0.3 is 4.90 Å². The van der Waals surface area contributed by atoms with Crippen LogP contribution in [0.5, 0.6) is 0 Å². The zero-order chi connectivity index (χ0) is 25.9. The number of rotatable bonds is 6. The van der Waals surface area contributed by atoms with E-state index in [1.54, 1.807) is 4.90 Å². The lowest BCUT2D eigenvalue weighted by Gasteiger charge is -2.60. The monoisotopic (exact) mass is 521 g/mol. The van der Waals surface area contributed by atoms with Crippen LogP contribution in [0.1, 0.15) is 104 Å². The van der Waals surface area contributed by atoms with E-state index in [2.05, 4.69) is 20.8 Å². The molecule has 5 rings (SSSR count). The van der Waals surface area contributed by atoms with E-state index in [0.717, 1.165) is 49.9 Å². The van der Waals surface area contributed by atoms with Crippen LogP contribution in [0.25, 0.3) is 0 Å². The third-order valence-electron chi connectivity index (χ3n) is 12.2. The number of fused-ring (bicyclic) bond motifs is 5. The maximum absolute atomic E-state index is 13.0. The maximum Gasteiger partial charge on any atom is 0.266 e. The summed E-state index contributed by atoms with van der Waals surface area (Å²) in [4.78, 5) is 26.9. The second kappa shape index (κ2) is 9.66. The van der Waals surface area contributed by atoms with Crippen LogP contribution in [0.4, 0.5) is 0 Å². The Morgan fingerprint density at radius 3 is 2.56 bits per heavy atom. The Balaban J connectivity index is 1.21. The van der Waals surface area contributed by atoms with Crippen LogP contribution in [-0.2, 0) is 19.7 Å². The number of likely N-dealkylation sites (tertiary alicyclic amines) is 1. The Labute approximate surface area is 218 Å². The molecule has 5 fully saturated rings. The molecule has 0 bridgehead atoms. The molecular weight excluding hydrogens is 474 g/mol. The second-order valence-corrected chi connectivity index (χ2v) is 15.3. The van der Waals surface area contributed by atoms with Gasteiger partial charge in [-0.15, -0.1) is 0 Å². The van der Waals surface area contributed by atoms with Gasteiger partial charge in [0.25, 0.3) is 10.1 Å². The zero-order valence-electron chi connectivity index (χ0n) is 22.6. The molecular formula is C29H47NO5S. The van der Waals surface area contributed by atoms with Gasteiger partial charge >= 0.3 is 0 Å². The predicted octanol–water partition coefficient (Wildman–Crippen LogP) is 5.51. The third-order valence-corrected chi connectivity index (χ3v) is 13.0. The number of Topliss-reactive ketones (excluding diaryl/α,β-unsaturated/α-hetero) is 1. The normalized spacial score (nSPS) is 43.6. The summed E-state index contributed by atoms with van der Waals surface area (Å²) in [6.07, 6.45) is 13.2. The maximum atomic E-state index is 13.0. The van der Waals surface area contributed by atoms with E-state index >= 15 is 0 Å². The Bertz CT molecular complexity index is 980. The number of amides is 1. The molecule has 9 atom stereocenters. The Kier molecular flexibility index (Phi) is 7.15. The highest BCUT2D eigenvalue weighted by atomic mass is 32.2. The van der Waals surface area contributed by atoms with E-state index in [1.165, 1.54) is 38.5 Å². The first-order valence-electron chi connectivity index (χ1n) is 14.7. The van der Waals surface area contributed by atoms with Crippen molar-refractivity contribution >= 4 is 21.8 Å². The fraction of sp³-hybridized carbons (Fsp3) is 0.931. The molecule has 4 saturated carbocycles. The van der Waals surface area contributed by atoms with Gasteiger partial charge in [0.05, 0.1) is 5.75 Å². The molecule has 4 aliphatic carbocycles. The first kappa shape index (κ1) is 26.6. The molecule has 1 heterocycles. The fourth-order valence-corrected chi connectivity index (χ4v) is 11.1. The zero-order valence-corrected chi connectivity index (χ0v) is 23.4. The van der Waals surface area contributed by atoms with Crippen molar-refractivity contribution in [1.82, 2.24) is 4.90 Å². The van der Waals surface area contributed by atoms with Crippen LogP contribution in [0.3, 0.4) is 0 Å². The minimum absolute atomic E-state index is 0.0505. The molecule has 36 heavy (non-hydrogen) atoms. The molecule has 0 aromatic carbocycles. The standard InChI is InChI=1S/C29H47NO5S/c1-19(6-11-27(32)30-16-4-5-21(30)18-36(33,34)35)24-9-10-25-23-8-7-20-17-22(31)12-14-28(20,2)26(23)13-15-29(24,25)3/h19-21,23-26H,4-18H2,1-3H3,(H,33,34,35). The molecule has 1 aliphatic heterocycles. The van der Waals surface area contributed by atoms with Crippen LogP contribution in [0.15, 0.2) is 0 Å². The highest BCUT2D eigenvalue weighted by molar-refractivity contribution is 7.85. The molecule has 9 unspecified atom stereocenters. The average molecular weight is 522 g/mol. The van der Waals surface area contributed by atoms with Crippen molar-refractivity contribution in [3.05, 3.63) is 0 Å². The van der Waals surface area contributed by atoms with Gasteiger partial charge in [0.1, 0.15) is 5.78 Å². The summed E-state index contributed by atoms with van der Waals surface area (Å²) in [6.45, 7) is 8.00. The molecule has 204 valence electrons. The van der Waals surface area contributed by atoms with E-state index in [4.69, 9.17) is 0 Å². The van der Waals surface area contributed by atoms with Gasteiger partial charge in [0.2, 0.25) is 5.91 Å². The molecule has 0 aromatic heterocycles. The minimum Gasteiger partial charge on any atom is -0.339 e. The predicted molar refractivity (Wildman–Crippen MR) is 140 cm³/mol. The van der Waals surface area contributed by atoms with Crippen LogP contribution in [0.2, 0.25) is 0 Å². The molecule has 7 heteroatoms. The molecule has 5 aliphatic rings. The van der Waals surface area contributed by atoms with E-state index in [-0.39, 0.29) is 17.7 Å². The number of hydrogen-bond acceptors (Lipinski definition) is 4. The molecule has 1 saturated heterocycles. The molecule has 1 N–H and O–H groups in total. The lowest BCUT2D eigenvalue weighted by atomic mass is 9.44. The molecule has 0 spiro atoms. The van der Waals surface area contributed by atoms with E-state index in [1.807, 2.05) is 0 Å². The second-order valence-electron chi connectivity index (χ2n) is 13.8. The minimum atomic E-state index is -4.07. The summed E-state index contributed by atoms with van der Waals surface area (Å²) in [6, 6.07) is -0.377. The lowest BCUT2D eigenvalue weighted by Crippen LogP contribution is -2.53. The van der Waals surface area contributed by atoms with E-state index < -0.39 is 10.1 Å². The first-order valence-corrected chi connectivity index (χ1v) is 16.3. The van der Waals surface area contributed by atoms with Gasteiger partial charge in [-0.2, -0.15) is 8.42 Å². The van der Waals surface area contributed by atoms with Gasteiger partial charge in [-0.3, -0.25) is 14.1 Å². The SMILES string of the molecule is CC(CCC(=O)N1CCCC1CS(=O)(=O)O)C1CCC2C3CCC4CC(=O)CCC4(C)C3CCC12C. The summed E-state index contributed by atoms with van der Waals surface area (Å²) >= 11 is 0. The van der Waals surface area contributed by atoms with E-state index in [9.17, 15) is 22.6 Å². The molecule has 0 aromatic rings. The summed E-state index contributed by atoms with van der Waals surface area (Å²) in [5.41, 5.74) is 0.695. The van der Waals surface area contributed by atoms with Crippen molar-refractivity contribution in [2.75, 3.05) is 12.3 Å². The van der Waals surface area contributed by atoms with E-state index in [0.29, 0.717) is 53.8 Å². The van der Waals surface area contributed by atoms with Gasteiger partial charge in [-0.05, 0) is 111 Å².